The molecule has 0 bridgehead atoms. The van der Waals surface area contributed by atoms with Gasteiger partial charge in [-0.05, 0) is 28.9 Å². The van der Waals surface area contributed by atoms with E-state index in [9.17, 15) is 4.39 Å². The van der Waals surface area contributed by atoms with Crippen LogP contribution in [-0.2, 0) is 0 Å². The number of hydrogen-bond donors (Lipinski definition) is 1. The summed E-state index contributed by atoms with van der Waals surface area (Å²) in [6.45, 7) is 0.357. The second-order valence-corrected chi connectivity index (χ2v) is 4.20. The number of rotatable bonds is 3. The average molecular weight is 239 g/mol. The predicted octanol–water partition coefficient (Wildman–Crippen LogP) is 2.27. The molecule has 1 aromatic rings. The summed E-state index contributed by atoms with van der Waals surface area (Å²) in [4.78, 5) is 3.93. The highest BCUT2D eigenvalue weighted by atomic mass is 79.9. The minimum Gasteiger partial charge on any atom is -0.330 e. The highest BCUT2D eigenvalue weighted by Gasteiger charge is 2.11. The Hall–Kier alpha value is -0.0000000000000000555. The van der Waals surface area contributed by atoms with E-state index < -0.39 is 6.17 Å². The monoisotopic (exact) mass is 238 g/mol. The number of thiazole rings is 1. The molecule has 0 spiro atoms. The Morgan fingerprint density at radius 3 is 3.00 bits per heavy atom. The molecule has 0 aliphatic heterocycles. The molecular weight excluding hydrogens is 231 g/mol. The predicted molar refractivity (Wildman–Crippen MR) is 47.3 cm³/mol. The lowest BCUT2D eigenvalue weighted by molar-refractivity contribution is 0.321. The molecule has 1 aromatic heterocycles. The van der Waals surface area contributed by atoms with Crippen molar-refractivity contribution in [3.8, 4) is 0 Å². The van der Waals surface area contributed by atoms with E-state index in [0.717, 1.165) is 0 Å². The minimum atomic E-state index is -1.01. The van der Waals surface area contributed by atoms with Crippen LogP contribution in [0.25, 0.3) is 0 Å². The Bertz CT molecular complexity index is 228. The fourth-order valence-electron chi connectivity index (χ4n) is 0.701. The van der Waals surface area contributed by atoms with Gasteiger partial charge in [-0.15, -0.1) is 11.3 Å². The van der Waals surface area contributed by atoms with Crippen molar-refractivity contribution in [3.63, 3.8) is 0 Å². The smallest absolute Gasteiger partial charge is 0.159 e. The lowest BCUT2D eigenvalue weighted by Crippen LogP contribution is -2.03. The van der Waals surface area contributed by atoms with E-state index in [1.165, 1.54) is 11.3 Å². The van der Waals surface area contributed by atoms with E-state index in [2.05, 4.69) is 20.9 Å². The number of halogens is 2. The van der Waals surface area contributed by atoms with Gasteiger partial charge in [-0.2, -0.15) is 0 Å². The van der Waals surface area contributed by atoms with Crippen molar-refractivity contribution in [3.05, 3.63) is 15.0 Å². The fourth-order valence-corrected chi connectivity index (χ4v) is 1.76. The van der Waals surface area contributed by atoms with Gasteiger partial charge < -0.3 is 5.73 Å². The van der Waals surface area contributed by atoms with Crippen molar-refractivity contribution in [2.45, 2.75) is 12.6 Å². The summed E-state index contributed by atoms with van der Waals surface area (Å²) in [5.41, 5.74) is 5.68. The Morgan fingerprint density at radius 2 is 2.55 bits per heavy atom. The molecule has 1 atom stereocenters. The zero-order valence-electron chi connectivity index (χ0n) is 5.76. The number of aromatic nitrogens is 1. The van der Waals surface area contributed by atoms with E-state index in [4.69, 9.17) is 5.73 Å². The van der Waals surface area contributed by atoms with Gasteiger partial charge in [-0.3, -0.25) is 0 Å². The van der Waals surface area contributed by atoms with Gasteiger partial charge in [0.05, 0.1) is 5.69 Å². The van der Waals surface area contributed by atoms with Crippen LogP contribution in [0.2, 0.25) is 0 Å². The van der Waals surface area contributed by atoms with Crippen LogP contribution >= 0.6 is 27.3 Å². The van der Waals surface area contributed by atoms with Gasteiger partial charge in [0.2, 0.25) is 0 Å². The molecule has 2 N–H and O–H groups in total. The van der Waals surface area contributed by atoms with Crippen molar-refractivity contribution in [2.24, 2.45) is 5.73 Å². The van der Waals surface area contributed by atoms with Crippen molar-refractivity contribution in [1.29, 1.82) is 0 Å². The maximum atomic E-state index is 13.0. The molecule has 0 aliphatic rings. The van der Waals surface area contributed by atoms with E-state index in [0.29, 0.717) is 22.6 Å². The van der Waals surface area contributed by atoms with Crippen LogP contribution in [0.1, 0.15) is 18.3 Å². The van der Waals surface area contributed by atoms with Crippen LogP contribution in [0.15, 0.2) is 9.30 Å². The quantitative estimate of drug-likeness (QED) is 0.878. The number of alkyl halides is 1. The van der Waals surface area contributed by atoms with Gasteiger partial charge in [0.15, 0.2) is 3.92 Å². The highest BCUT2D eigenvalue weighted by molar-refractivity contribution is 9.11. The van der Waals surface area contributed by atoms with Crippen molar-refractivity contribution in [2.75, 3.05) is 6.54 Å². The van der Waals surface area contributed by atoms with Crippen LogP contribution in [-0.4, -0.2) is 11.5 Å². The van der Waals surface area contributed by atoms with Gasteiger partial charge in [0.25, 0.3) is 0 Å². The molecule has 0 aromatic carbocycles. The van der Waals surface area contributed by atoms with Crippen LogP contribution < -0.4 is 5.73 Å². The molecule has 0 saturated heterocycles. The normalized spacial score (nSPS) is 13.4. The lowest BCUT2D eigenvalue weighted by atomic mass is 10.2. The zero-order chi connectivity index (χ0) is 8.27. The number of nitrogens with zero attached hydrogens (tertiary/aromatic N) is 1. The summed E-state index contributed by atoms with van der Waals surface area (Å²) in [7, 11) is 0. The topological polar surface area (TPSA) is 38.9 Å². The Labute approximate surface area is 76.8 Å². The third kappa shape index (κ3) is 2.50. The highest BCUT2D eigenvalue weighted by Crippen LogP contribution is 2.24. The first-order chi connectivity index (χ1) is 5.24. The number of nitrogens with two attached hydrogens (primary N) is 1. The van der Waals surface area contributed by atoms with E-state index in [-0.39, 0.29) is 0 Å². The maximum Gasteiger partial charge on any atom is 0.159 e. The standard InChI is InChI=1S/C6H8BrFN2S/c7-6-10-5(3-11-6)4(8)1-2-9/h3-4H,1-2,9H2. The average Bonchev–Trinajstić information content (AvgIpc) is 2.36. The second kappa shape index (κ2) is 4.13. The van der Waals surface area contributed by atoms with Gasteiger partial charge >= 0.3 is 0 Å². The molecular formula is C6H8BrFN2S. The Morgan fingerprint density at radius 1 is 1.82 bits per heavy atom. The fraction of sp³-hybridized carbons (Fsp3) is 0.500. The SMILES string of the molecule is NCCC(F)c1csc(Br)n1. The molecule has 0 aliphatic carbocycles. The molecule has 0 radical (unpaired) electrons. The van der Waals surface area contributed by atoms with Crippen molar-refractivity contribution < 1.29 is 4.39 Å². The van der Waals surface area contributed by atoms with Gasteiger partial charge in [-0.25, -0.2) is 9.37 Å². The third-order valence-corrected chi connectivity index (χ3v) is 2.62. The summed E-state index contributed by atoms with van der Waals surface area (Å²) in [6.07, 6.45) is -0.668. The third-order valence-electron chi connectivity index (χ3n) is 1.23. The summed E-state index contributed by atoms with van der Waals surface area (Å²) in [5.74, 6) is 0. The lowest BCUT2D eigenvalue weighted by Gasteiger charge is -2.00. The molecule has 1 unspecified atom stereocenters. The summed E-state index contributed by atoms with van der Waals surface area (Å²) in [5, 5.41) is 1.70. The molecule has 5 heteroatoms. The molecule has 11 heavy (non-hydrogen) atoms. The first kappa shape index (κ1) is 9.09. The molecule has 0 amide bonds. The summed E-state index contributed by atoms with van der Waals surface area (Å²) in [6, 6.07) is 0. The molecule has 0 saturated carbocycles. The molecule has 1 rings (SSSR count). The minimum absolute atomic E-state index is 0.343. The molecule has 2 nitrogen and oxygen atoms in total. The second-order valence-electron chi connectivity index (χ2n) is 2.07. The van der Waals surface area contributed by atoms with Crippen molar-refractivity contribution in [1.82, 2.24) is 4.98 Å². The molecule has 1 heterocycles. The first-order valence-corrected chi connectivity index (χ1v) is 4.86. The summed E-state index contributed by atoms with van der Waals surface area (Å²) < 4.78 is 13.7. The zero-order valence-corrected chi connectivity index (χ0v) is 8.16. The van der Waals surface area contributed by atoms with Gasteiger partial charge in [0.1, 0.15) is 6.17 Å². The van der Waals surface area contributed by atoms with Crippen LogP contribution in [0, 0.1) is 0 Å². The van der Waals surface area contributed by atoms with Gasteiger partial charge in [0, 0.05) is 5.38 Å². The number of hydrogen-bond acceptors (Lipinski definition) is 3. The van der Waals surface area contributed by atoms with E-state index in [1.807, 2.05) is 0 Å². The molecule has 0 fully saturated rings. The van der Waals surface area contributed by atoms with Crippen molar-refractivity contribution >= 4 is 27.3 Å². The molecule has 62 valence electrons. The van der Waals surface area contributed by atoms with Crippen LogP contribution in [0.4, 0.5) is 4.39 Å². The van der Waals surface area contributed by atoms with Crippen LogP contribution in [0.3, 0.4) is 0 Å². The maximum absolute atomic E-state index is 13.0. The Balaban J connectivity index is 2.60. The van der Waals surface area contributed by atoms with E-state index in [1.54, 1.807) is 5.38 Å². The van der Waals surface area contributed by atoms with E-state index >= 15 is 0 Å². The Kier molecular flexibility index (Phi) is 3.42. The summed E-state index contributed by atoms with van der Waals surface area (Å²) >= 11 is 4.54. The van der Waals surface area contributed by atoms with Crippen LogP contribution in [0.5, 0.6) is 0 Å². The van der Waals surface area contributed by atoms with Gasteiger partial charge in [-0.1, -0.05) is 0 Å². The largest absolute Gasteiger partial charge is 0.330 e. The first-order valence-electron chi connectivity index (χ1n) is 3.19.